The maximum Gasteiger partial charge on any atom is 0.306 e. The Morgan fingerprint density at radius 1 is 0.484 bits per heavy atom. The average Bonchev–Trinajstić information content (AvgIpc) is 3.26. The summed E-state index contributed by atoms with van der Waals surface area (Å²) in [6.07, 6.45) is 61.7. The van der Waals surface area contributed by atoms with E-state index in [2.05, 4.69) is 74.7 Å². The molecule has 0 saturated carbocycles. The molecule has 0 aromatic heterocycles. The molecule has 0 heterocycles. The van der Waals surface area contributed by atoms with Crippen LogP contribution in [0, 0.1) is 0 Å². The van der Waals surface area contributed by atoms with E-state index in [0.717, 1.165) is 64.2 Å². The molecule has 0 spiro atoms. The molecule has 0 aromatic rings. The van der Waals surface area contributed by atoms with Crippen LogP contribution in [-0.2, 0) is 14.3 Å². The van der Waals surface area contributed by atoms with Crippen LogP contribution in [0.1, 0.15) is 258 Å². The molecule has 0 radical (unpaired) electrons. The summed E-state index contributed by atoms with van der Waals surface area (Å²) in [7, 11) is 0. The summed E-state index contributed by atoms with van der Waals surface area (Å²) in [6.45, 7) is 6.42. The number of hydrogen-bond donors (Lipinski definition) is 3. The average molecular weight is 868 g/mol. The van der Waals surface area contributed by atoms with Crippen LogP contribution < -0.4 is 5.32 Å². The SMILES string of the molecule is CCCCC/C=C\C/C=C\C/C=C\CCCCCCCCC(=O)OC(/C=C/C/C=C\CCCCCCCC)CC(=O)NC(CO)C(O)CCCCCCCCCCCCCCC. The van der Waals surface area contributed by atoms with E-state index in [1.54, 1.807) is 0 Å². The van der Waals surface area contributed by atoms with Crippen LogP contribution in [0.25, 0.3) is 0 Å². The third kappa shape index (κ3) is 44.2. The molecule has 6 heteroatoms. The van der Waals surface area contributed by atoms with Crippen molar-refractivity contribution in [3.8, 4) is 0 Å². The molecule has 0 fully saturated rings. The molecule has 62 heavy (non-hydrogen) atoms. The van der Waals surface area contributed by atoms with Crippen molar-refractivity contribution >= 4 is 11.9 Å². The molecular formula is C56H101NO5. The first-order chi connectivity index (χ1) is 30.5. The van der Waals surface area contributed by atoms with Crippen molar-refractivity contribution in [1.82, 2.24) is 5.32 Å². The van der Waals surface area contributed by atoms with Crippen molar-refractivity contribution in [2.45, 2.75) is 277 Å². The Labute approximate surface area is 384 Å². The lowest BCUT2D eigenvalue weighted by Crippen LogP contribution is -2.46. The van der Waals surface area contributed by atoms with E-state index < -0.39 is 18.2 Å². The maximum absolute atomic E-state index is 13.2. The molecule has 3 unspecified atom stereocenters. The first kappa shape index (κ1) is 59.6. The van der Waals surface area contributed by atoms with Crippen molar-refractivity contribution in [2.24, 2.45) is 0 Å². The van der Waals surface area contributed by atoms with Crippen molar-refractivity contribution in [3.63, 3.8) is 0 Å². The molecule has 0 aliphatic heterocycles. The van der Waals surface area contributed by atoms with Gasteiger partial charge in [0.25, 0.3) is 0 Å². The summed E-state index contributed by atoms with van der Waals surface area (Å²) in [6, 6.07) is -0.736. The first-order valence-electron chi connectivity index (χ1n) is 26.5. The Bertz CT molecular complexity index is 1110. The number of aliphatic hydroxyl groups is 2. The smallest absolute Gasteiger partial charge is 0.306 e. The van der Waals surface area contributed by atoms with E-state index in [0.29, 0.717) is 19.3 Å². The molecule has 0 bridgehead atoms. The van der Waals surface area contributed by atoms with Gasteiger partial charge < -0.3 is 20.3 Å². The molecular weight excluding hydrogens is 767 g/mol. The Morgan fingerprint density at radius 3 is 1.32 bits per heavy atom. The van der Waals surface area contributed by atoms with Gasteiger partial charge in [0, 0.05) is 6.42 Å². The van der Waals surface area contributed by atoms with Crippen LogP contribution >= 0.6 is 0 Å². The van der Waals surface area contributed by atoms with Crippen molar-refractivity contribution in [3.05, 3.63) is 60.8 Å². The summed E-state index contributed by atoms with van der Waals surface area (Å²) < 4.78 is 5.83. The van der Waals surface area contributed by atoms with Crippen molar-refractivity contribution in [1.29, 1.82) is 0 Å². The van der Waals surface area contributed by atoms with E-state index in [1.807, 2.05) is 12.2 Å². The zero-order chi connectivity index (χ0) is 45.2. The summed E-state index contributed by atoms with van der Waals surface area (Å²) in [5.74, 6) is -0.615. The molecule has 1 amide bonds. The summed E-state index contributed by atoms with van der Waals surface area (Å²) in [5, 5.41) is 23.7. The Morgan fingerprint density at radius 2 is 0.855 bits per heavy atom. The van der Waals surface area contributed by atoms with E-state index in [-0.39, 0.29) is 24.9 Å². The molecule has 0 aromatic carbocycles. The number of allylic oxidation sites excluding steroid dienone is 9. The molecule has 0 rings (SSSR count). The minimum Gasteiger partial charge on any atom is -0.458 e. The van der Waals surface area contributed by atoms with Gasteiger partial charge in [-0.05, 0) is 76.7 Å². The third-order valence-electron chi connectivity index (χ3n) is 11.8. The van der Waals surface area contributed by atoms with Gasteiger partial charge >= 0.3 is 5.97 Å². The molecule has 3 atom stereocenters. The summed E-state index contributed by atoms with van der Waals surface area (Å²) in [5.41, 5.74) is 0. The number of hydrogen-bond acceptors (Lipinski definition) is 5. The van der Waals surface area contributed by atoms with Gasteiger partial charge in [0.2, 0.25) is 5.91 Å². The second kappa shape index (κ2) is 49.6. The second-order valence-electron chi connectivity index (χ2n) is 17.9. The fourth-order valence-corrected chi connectivity index (χ4v) is 7.76. The van der Waals surface area contributed by atoms with Gasteiger partial charge in [-0.3, -0.25) is 9.59 Å². The van der Waals surface area contributed by atoms with Crippen LogP contribution in [0.2, 0.25) is 0 Å². The molecule has 0 saturated heterocycles. The quantitative estimate of drug-likeness (QED) is 0.0322. The lowest BCUT2D eigenvalue weighted by Gasteiger charge is -2.23. The number of unbranched alkanes of at least 4 members (excludes halogenated alkanes) is 27. The van der Waals surface area contributed by atoms with Crippen molar-refractivity contribution in [2.75, 3.05) is 6.61 Å². The van der Waals surface area contributed by atoms with Gasteiger partial charge in [-0.2, -0.15) is 0 Å². The van der Waals surface area contributed by atoms with Gasteiger partial charge in [0.1, 0.15) is 6.10 Å². The molecule has 3 N–H and O–H groups in total. The highest BCUT2D eigenvalue weighted by molar-refractivity contribution is 5.78. The number of nitrogens with one attached hydrogen (secondary N) is 1. The topological polar surface area (TPSA) is 95.9 Å². The van der Waals surface area contributed by atoms with Gasteiger partial charge in [0.05, 0.1) is 25.2 Å². The lowest BCUT2D eigenvalue weighted by molar-refractivity contribution is -0.148. The van der Waals surface area contributed by atoms with Crippen LogP contribution in [0.15, 0.2) is 60.8 Å². The number of aliphatic hydroxyl groups excluding tert-OH is 2. The lowest BCUT2D eigenvalue weighted by atomic mass is 10.0. The monoisotopic (exact) mass is 868 g/mol. The normalized spacial score (nSPS) is 13.7. The number of carbonyl (C=O) groups is 2. The van der Waals surface area contributed by atoms with Crippen LogP contribution in [0.5, 0.6) is 0 Å². The van der Waals surface area contributed by atoms with Gasteiger partial charge in [-0.1, -0.05) is 230 Å². The highest BCUT2D eigenvalue weighted by Gasteiger charge is 2.23. The van der Waals surface area contributed by atoms with Crippen LogP contribution in [0.4, 0.5) is 0 Å². The zero-order valence-corrected chi connectivity index (χ0v) is 41.0. The number of ether oxygens (including phenoxy) is 1. The fourth-order valence-electron chi connectivity index (χ4n) is 7.76. The fraction of sp³-hybridized carbons (Fsp3) is 0.786. The third-order valence-corrected chi connectivity index (χ3v) is 11.8. The number of rotatable bonds is 47. The summed E-state index contributed by atoms with van der Waals surface area (Å²) >= 11 is 0. The Balaban J connectivity index is 4.59. The maximum atomic E-state index is 13.2. The van der Waals surface area contributed by atoms with Gasteiger partial charge in [-0.15, -0.1) is 0 Å². The Kier molecular flexibility index (Phi) is 47.6. The molecule has 0 aliphatic rings. The highest BCUT2D eigenvalue weighted by Crippen LogP contribution is 2.16. The van der Waals surface area contributed by atoms with E-state index in [4.69, 9.17) is 4.74 Å². The predicted molar refractivity (Wildman–Crippen MR) is 268 cm³/mol. The van der Waals surface area contributed by atoms with Gasteiger partial charge in [-0.25, -0.2) is 0 Å². The van der Waals surface area contributed by atoms with Crippen LogP contribution in [-0.4, -0.2) is 46.9 Å². The standard InChI is InChI=1S/C56H101NO5/c1-4-7-10-13-16-19-22-24-25-26-27-28-29-31-34-37-40-43-46-49-56(61)62-52(47-44-41-38-35-32-21-18-15-12-9-6-3)50-55(60)57-53(51-58)54(59)48-45-42-39-36-33-30-23-20-17-14-11-8-5-2/h16,19,24-25,27-28,35,38,44,47,52-54,58-59H,4-15,17-18,20-23,26,29-34,36-37,39-43,45-46,48-51H2,1-3H3,(H,57,60)/b19-16-,25-24-,28-27-,38-35-,47-44+. The minimum absolute atomic E-state index is 0.0348. The highest BCUT2D eigenvalue weighted by atomic mass is 16.5. The molecule has 6 nitrogen and oxygen atoms in total. The minimum atomic E-state index is -0.814. The Hall–Kier alpha value is -2.44. The number of carbonyl (C=O) groups excluding carboxylic acids is 2. The van der Waals surface area contributed by atoms with E-state index in [9.17, 15) is 19.8 Å². The zero-order valence-electron chi connectivity index (χ0n) is 41.0. The van der Waals surface area contributed by atoms with E-state index >= 15 is 0 Å². The van der Waals surface area contributed by atoms with E-state index in [1.165, 1.54) is 148 Å². The largest absolute Gasteiger partial charge is 0.458 e. The molecule has 360 valence electrons. The molecule has 0 aliphatic carbocycles. The van der Waals surface area contributed by atoms with Crippen molar-refractivity contribution < 1.29 is 24.5 Å². The number of amides is 1. The first-order valence-corrected chi connectivity index (χ1v) is 26.5. The van der Waals surface area contributed by atoms with Gasteiger partial charge in [0.15, 0.2) is 0 Å². The van der Waals surface area contributed by atoms with Crippen LogP contribution in [0.3, 0.4) is 0 Å². The predicted octanol–water partition coefficient (Wildman–Crippen LogP) is 16.0. The summed E-state index contributed by atoms with van der Waals surface area (Å²) in [4.78, 5) is 26.1. The second-order valence-corrected chi connectivity index (χ2v) is 17.9. The number of esters is 1.